The predicted molar refractivity (Wildman–Crippen MR) is 287 cm³/mol. The summed E-state index contributed by atoms with van der Waals surface area (Å²) in [5.74, 6) is -0.539. The third-order valence-corrected chi connectivity index (χ3v) is 12.2. The number of ether oxygens (including phenoxy) is 1. The molecule has 380 valence electrons. The number of esters is 1. The van der Waals surface area contributed by atoms with Crippen LogP contribution in [0.1, 0.15) is 258 Å². The average Bonchev–Trinajstić information content (AvgIpc) is 3.31. The molecule has 0 aliphatic carbocycles. The molecule has 1 amide bonds. The fourth-order valence-electron chi connectivity index (χ4n) is 8.02. The first kappa shape index (κ1) is 63.0. The van der Waals surface area contributed by atoms with E-state index < -0.39 is 18.2 Å². The van der Waals surface area contributed by atoms with Crippen molar-refractivity contribution in [3.05, 3.63) is 85.1 Å². The molecule has 0 aromatic heterocycles. The highest BCUT2D eigenvalue weighted by Crippen LogP contribution is 2.17. The van der Waals surface area contributed by atoms with Crippen molar-refractivity contribution in [3.8, 4) is 0 Å². The van der Waals surface area contributed by atoms with Gasteiger partial charge in [-0.05, 0) is 96.3 Å². The summed E-state index contributed by atoms with van der Waals surface area (Å²) in [6.07, 6.45) is 69.3. The van der Waals surface area contributed by atoms with Crippen LogP contribution in [-0.4, -0.2) is 46.9 Å². The first-order valence-corrected chi connectivity index (χ1v) is 27.8. The minimum atomic E-state index is -0.808. The fraction of sp³-hybridized carbons (Fsp3) is 0.733. The molecule has 0 heterocycles. The van der Waals surface area contributed by atoms with E-state index in [4.69, 9.17) is 4.74 Å². The molecule has 0 aliphatic rings. The summed E-state index contributed by atoms with van der Waals surface area (Å²) in [5, 5.41) is 23.8. The van der Waals surface area contributed by atoms with Gasteiger partial charge in [-0.15, -0.1) is 0 Å². The zero-order chi connectivity index (χ0) is 48.1. The van der Waals surface area contributed by atoms with Gasteiger partial charge in [-0.2, -0.15) is 0 Å². The molecule has 0 fully saturated rings. The number of amides is 1. The van der Waals surface area contributed by atoms with Gasteiger partial charge in [-0.1, -0.05) is 234 Å². The Morgan fingerprint density at radius 2 is 0.833 bits per heavy atom. The van der Waals surface area contributed by atoms with Gasteiger partial charge in [0.15, 0.2) is 0 Å². The van der Waals surface area contributed by atoms with Crippen LogP contribution in [0.4, 0.5) is 0 Å². The Bertz CT molecular complexity index is 1260. The number of unbranched alkanes of at least 4 members (excludes halogenated alkanes) is 23. The Morgan fingerprint density at radius 3 is 1.30 bits per heavy atom. The Labute approximate surface area is 408 Å². The number of aliphatic hydroxyl groups is 2. The van der Waals surface area contributed by atoms with Crippen molar-refractivity contribution < 1.29 is 24.5 Å². The minimum Gasteiger partial charge on any atom is -0.462 e. The molecule has 3 N–H and O–H groups in total. The van der Waals surface area contributed by atoms with Gasteiger partial charge >= 0.3 is 5.97 Å². The van der Waals surface area contributed by atoms with Gasteiger partial charge < -0.3 is 20.3 Å². The van der Waals surface area contributed by atoms with E-state index in [2.05, 4.69) is 111 Å². The van der Waals surface area contributed by atoms with E-state index >= 15 is 0 Å². The van der Waals surface area contributed by atoms with Crippen molar-refractivity contribution in [3.63, 3.8) is 0 Å². The van der Waals surface area contributed by atoms with Crippen LogP contribution in [0.3, 0.4) is 0 Å². The molecular weight excluding hydrogens is 815 g/mol. The number of carbonyl (C=O) groups is 2. The summed E-state index contributed by atoms with van der Waals surface area (Å²) < 4.78 is 5.92. The second-order valence-electron chi connectivity index (χ2n) is 18.6. The second-order valence-corrected chi connectivity index (χ2v) is 18.6. The molecule has 0 radical (unpaired) electrons. The molecule has 0 aromatic carbocycles. The van der Waals surface area contributed by atoms with Gasteiger partial charge in [0.05, 0.1) is 25.2 Å². The molecule has 0 aromatic rings. The van der Waals surface area contributed by atoms with E-state index in [9.17, 15) is 19.8 Å². The van der Waals surface area contributed by atoms with Crippen molar-refractivity contribution in [2.45, 2.75) is 277 Å². The first-order chi connectivity index (χ1) is 32.5. The third kappa shape index (κ3) is 47.5. The highest BCUT2D eigenvalue weighted by atomic mass is 16.5. The van der Waals surface area contributed by atoms with E-state index in [1.54, 1.807) is 0 Å². The monoisotopic (exact) mass is 920 g/mol. The highest BCUT2D eigenvalue weighted by Gasteiger charge is 2.24. The third-order valence-electron chi connectivity index (χ3n) is 12.2. The summed E-state index contributed by atoms with van der Waals surface area (Å²) in [6.45, 7) is 6.33. The Kier molecular flexibility index (Phi) is 50.6. The van der Waals surface area contributed by atoms with Crippen molar-refractivity contribution >= 4 is 11.9 Å². The van der Waals surface area contributed by atoms with Gasteiger partial charge in [-0.25, -0.2) is 0 Å². The molecule has 0 spiro atoms. The predicted octanol–water partition coefficient (Wildman–Crippen LogP) is 17.1. The standard InChI is InChI=1S/C60H105NO5/c1-4-7-10-13-16-19-22-25-27-29-31-34-36-39-42-45-48-51-56(66-60(65)53-50-47-44-41-38-35-32-30-28-26-23-20-17-14-11-8-5-2)54-59(64)61-57(55-62)58(63)52-49-46-43-40-37-33-24-21-18-15-12-9-6-3/h7,10,16-17,19-20,25-28,31,34,39,42,56-58,62-63H,4-6,8-9,11-15,18,21-24,29-30,32-33,35-38,40-41,43-55H2,1-3H3,(H,61,64)/b10-7-,19-16-,20-17-,27-25-,28-26-,34-31-,42-39-. The Morgan fingerprint density at radius 1 is 0.455 bits per heavy atom. The van der Waals surface area contributed by atoms with Crippen LogP contribution in [-0.2, 0) is 14.3 Å². The van der Waals surface area contributed by atoms with Crippen molar-refractivity contribution in [2.75, 3.05) is 6.61 Å². The van der Waals surface area contributed by atoms with Gasteiger partial charge in [0.25, 0.3) is 0 Å². The normalized spacial score (nSPS) is 13.8. The summed E-state index contributed by atoms with van der Waals surface area (Å²) in [5.41, 5.74) is 0. The lowest BCUT2D eigenvalue weighted by Crippen LogP contribution is -2.46. The van der Waals surface area contributed by atoms with Crippen LogP contribution < -0.4 is 5.32 Å². The summed E-state index contributed by atoms with van der Waals surface area (Å²) in [6, 6.07) is -0.726. The smallest absolute Gasteiger partial charge is 0.306 e. The maximum atomic E-state index is 13.2. The molecular formula is C60H105NO5. The fourth-order valence-corrected chi connectivity index (χ4v) is 8.02. The number of allylic oxidation sites excluding steroid dienone is 14. The van der Waals surface area contributed by atoms with E-state index in [0.717, 1.165) is 96.3 Å². The van der Waals surface area contributed by atoms with Crippen LogP contribution in [0, 0.1) is 0 Å². The zero-order valence-electron chi connectivity index (χ0n) is 43.3. The topological polar surface area (TPSA) is 95.9 Å². The van der Waals surface area contributed by atoms with E-state index in [-0.39, 0.29) is 24.9 Å². The van der Waals surface area contributed by atoms with Crippen molar-refractivity contribution in [1.82, 2.24) is 5.32 Å². The molecule has 0 saturated carbocycles. The van der Waals surface area contributed by atoms with Gasteiger partial charge in [0.1, 0.15) is 6.10 Å². The Balaban J connectivity index is 4.70. The number of rotatable bonds is 49. The lowest BCUT2D eigenvalue weighted by Gasteiger charge is -2.24. The maximum absolute atomic E-state index is 13.2. The number of carbonyl (C=O) groups excluding carboxylic acids is 2. The quantitative estimate of drug-likeness (QED) is 0.0321. The van der Waals surface area contributed by atoms with Gasteiger partial charge in [0.2, 0.25) is 5.91 Å². The summed E-state index contributed by atoms with van der Waals surface area (Å²) in [4.78, 5) is 26.2. The summed E-state index contributed by atoms with van der Waals surface area (Å²) in [7, 11) is 0. The SMILES string of the molecule is CC/C=C\C/C=C\C/C=C\C/C=C\C/C=C\CCCC(CC(=O)NC(CO)C(O)CCCCCCCCCCCCCCC)OC(=O)CCCCCCCCC/C=C\C/C=C\CCCCC. The maximum Gasteiger partial charge on any atom is 0.306 e. The van der Waals surface area contributed by atoms with Crippen LogP contribution in [0.25, 0.3) is 0 Å². The van der Waals surface area contributed by atoms with Crippen LogP contribution >= 0.6 is 0 Å². The second kappa shape index (κ2) is 53.0. The van der Waals surface area contributed by atoms with Crippen LogP contribution in [0.2, 0.25) is 0 Å². The number of hydrogen-bond donors (Lipinski definition) is 3. The highest BCUT2D eigenvalue weighted by molar-refractivity contribution is 5.77. The zero-order valence-corrected chi connectivity index (χ0v) is 43.3. The molecule has 0 bridgehead atoms. The summed E-state index contributed by atoms with van der Waals surface area (Å²) >= 11 is 0. The number of aliphatic hydroxyl groups excluding tert-OH is 2. The average molecular weight is 921 g/mol. The molecule has 3 unspecified atom stereocenters. The molecule has 0 saturated heterocycles. The van der Waals surface area contributed by atoms with Gasteiger partial charge in [-0.3, -0.25) is 9.59 Å². The van der Waals surface area contributed by atoms with Crippen LogP contribution in [0.5, 0.6) is 0 Å². The van der Waals surface area contributed by atoms with E-state index in [1.807, 2.05) is 0 Å². The number of hydrogen-bond acceptors (Lipinski definition) is 5. The molecule has 66 heavy (non-hydrogen) atoms. The molecule has 3 atom stereocenters. The van der Waals surface area contributed by atoms with E-state index in [0.29, 0.717) is 19.3 Å². The van der Waals surface area contributed by atoms with E-state index in [1.165, 1.54) is 116 Å². The molecule has 6 heteroatoms. The number of nitrogens with one attached hydrogen (secondary N) is 1. The largest absolute Gasteiger partial charge is 0.462 e. The first-order valence-electron chi connectivity index (χ1n) is 27.8. The van der Waals surface area contributed by atoms with Gasteiger partial charge in [0, 0.05) is 6.42 Å². The molecule has 0 rings (SSSR count). The minimum absolute atomic E-state index is 0.0320. The van der Waals surface area contributed by atoms with Crippen LogP contribution in [0.15, 0.2) is 85.1 Å². The Hall–Kier alpha value is -2.96. The lowest BCUT2D eigenvalue weighted by molar-refractivity contribution is -0.151. The molecule has 6 nitrogen and oxygen atoms in total. The molecule has 0 aliphatic heterocycles. The van der Waals surface area contributed by atoms with Crippen molar-refractivity contribution in [1.29, 1.82) is 0 Å². The van der Waals surface area contributed by atoms with Crippen molar-refractivity contribution in [2.24, 2.45) is 0 Å². The lowest BCUT2D eigenvalue weighted by atomic mass is 10.0.